The summed E-state index contributed by atoms with van der Waals surface area (Å²) >= 11 is 0. The summed E-state index contributed by atoms with van der Waals surface area (Å²) in [6.45, 7) is -0.729. The topological polar surface area (TPSA) is 58.2 Å². The summed E-state index contributed by atoms with van der Waals surface area (Å²) in [7, 11) is 0. The van der Waals surface area contributed by atoms with Crippen molar-refractivity contribution in [1.29, 1.82) is 0 Å². The number of hydrogen-bond donors (Lipinski definition) is 2. The number of amides is 2. The van der Waals surface area contributed by atoms with Crippen molar-refractivity contribution in [1.82, 2.24) is 5.32 Å². The van der Waals surface area contributed by atoms with Crippen molar-refractivity contribution in [3.05, 3.63) is 65.0 Å². The smallest absolute Gasteiger partial charge is 0.343 e. The highest BCUT2D eigenvalue weighted by atomic mass is 19.4. The molecule has 0 aliphatic heterocycles. The van der Waals surface area contributed by atoms with Gasteiger partial charge in [-0.25, -0.2) is 13.2 Å². The van der Waals surface area contributed by atoms with Gasteiger partial charge in [0.25, 0.3) is 5.91 Å². The minimum Gasteiger partial charge on any atom is -0.343 e. The van der Waals surface area contributed by atoms with Crippen molar-refractivity contribution in [2.45, 2.75) is 6.18 Å². The van der Waals surface area contributed by atoms with E-state index >= 15 is 0 Å². The number of carbonyl (C=O) groups excluding carboxylic acids is 2. The van der Waals surface area contributed by atoms with E-state index in [4.69, 9.17) is 0 Å². The van der Waals surface area contributed by atoms with Crippen LogP contribution in [0.2, 0.25) is 0 Å². The number of halogens is 6. The third-order valence-electron chi connectivity index (χ3n) is 3.16. The molecule has 10 heteroatoms. The van der Waals surface area contributed by atoms with Crippen LogP contribution in [0.15, 0.2) is 36.4 Å². The van der Waals surface area contributed by atoms with Gasteiger partial charge in [-0.3, -0.25) is 9.59 Å². The largest absolute Gasteiger partial charge is 0.416 e. The Bertz CT molecular complexity index is 851. The lowest BCUT2D eigenvalue weighted by molar-refractivity contribution is -0.137. The molecular weight excluding hydrogens is 366 g/mol. The Morgan fingerprint density at radius 3 is 2.31 bits per heavy atom. The summed E-state index contributed by atoms with van der Waals surface area (Å²) in [4.78, 5) is 23.4. The molecule has 4 nitrogen and oxygen atoms in total. The van der Waals surface area contributed by atoms with Crippen LogP contribution in [0.25, 0.3) is 0 Å². The molecule has 0 heterocycles. The van der Waals surface area contributed by atoms with E-state index in [1.54, 1.807) is 0 Å². The molecule has 0 saturated heterocycles. The van der Waals surface area contributed by atoms with Crippen LogP contribution in [0.4, 0.5) is 32.0 Å². The van der Waals surface area contributed by atoms with Crippen molar-refractivity contribution < 1.29 is 35.9 Å². The van der Waals surface area contributed by atoms with Crippen molar-refractivity contribution in [3.63, 3.8) is 0 Å². The molecule has 0 aliphatic rings. The van der Waals surface area contributed by atoms with Crippen LogP contribution in [-0.2, 0) is 11.0 Å². The normalized spacial score (nSPS) is 11.2. The summed E-state index contributed by atoms with van der Waals surface area (Å²) in [6, 6.07) is 5.00. The molecule has 0 aromatic heterocycles. The van der Waals surface area contributed by atoms with E-state index in [1.807, 2.05) is 5.32 Å². The number of anilines is 1. The zero-order valence-electron chi connectivity index (χ0n) is 12.8. The van der Waals surface area contributed by atoms with Crippen molar-refractivity contribution in [3.8, 4) is 0 Å². The van der Waals surface area contributed by atoms with Crippen LogP contribution in [0.1, 0.15) is 15.9 Å². The van der Waals surface area contributed by atoms with Crippen LogP contribution in [-0.4, -0.2) is 18.4 Å². The molecule has 0 radical (unpaired) electrons. The van der Waals surface area contributed by atoms with E-state index in [1.165, 1.54) is 6.07 Å². The summed E-state index contributed by atoms with van der Waals surface area (Å²) in [6.07, 6.45) is -4.60. The van der Waals surface area contributed by atoms with E-state index in [9.17, 15) is 35.9 Å². The van der Waals surface area contributed by atoms with E-state index < -0.39 is 53.1 Å². The highest BCUT2D eigenvalue weighted by Crippen LogP contribution is 2.30. The van der Waals surface area contributed by atoms with Crippen molar-refractivity contribution in [2.75, 3.05) is 11.9 Å². The van der Waals surface area contributed by atoms with E-state index in [0.29, 0.717) is 18.2 Å². The Labute approximate surface area is 142 Å². The molecular formula is C16H10F6N2O2. The molecule has 0 spiro atoms. The number of rotatable bonds is 4. The zero-order valence-corrected chi connectivity index (χ0v) is 12.8. The molecule has 138 valence electrons. The molecule has 2 amide bonds. The predicted octanol–water partition coefficient (Wildman–Crippen LogP) is 3.49. The Hall–Kier alpha value is -3.04. The Balaban J connectivity index is 1.99. The quantitative estimate of drug-likeness (QED) is 0.634. The first kappa shape index (κ1) is 19.3. The third kappa shape index (κ3) is 4.52. The zero-order chi connectivity index (χ0) is 19.5. The van der Waals surface area contributed by atoms with Crippen LogP contribution < -0.4 is 10.6 Å². The first-order valence-electron chi connectivity index (χ1n) is 6.98. The van der Waals surface area contributed by atoms with E-state index in [2.05, 4.69) is 5.32 Å². The van der Waals surface area contributed by atoms with Gasteiger partial charge in [0.05, 0.1) is 17.7 Å². The number of carbonyl (C=O) groups is 2. The molecule has 2 aromatic carbocycles. The van der Waals surface area contributed by atoms with Gasteiger partial charge in [0, 0.05) is 5.69 Å². The van der Waals surface area contributed by atoms with Crippen LogP contribution in [0.3, 0.4) is 0 Å². The average Bonchev–Trinajstić information content (AvgIpc) is 2.57. The molecule has 2 rings (SSSR count). The minimum absolute atomic E-state index is 0.168. The molecule has 0 aliphatic carbocycles. The lowest BCUT2D eigenvalue weighted by atomic mass is 10.2. The molecule has 26 heavy (non-hydrogen) atoms. The summed E-state index contributed by atoms with van der Waals surface area (Å²) < 4.78 is 77.1. The van der Waals surface area contributed by atoms with Crippen LogP contribution in [0.5, 0.6) is 0 Å². The fourth-order valence-corrected chi connectivity index (χ4v) is 1.94. The number of nitrogens with one attached hydrogen (secondary N) is 2. The Morgan fingerprint density at radius 2 is 1.65 bits per heavy atom. The monoisotopic (exact) mass is 376 g/mol. The fraction of sp³-hybridized carbons (Fsp3) is 0.125. The number of benzene rings is 2. The second-order valence-electron chi connectivity index (χ2n) is 5.03. The van der Waals surface area contributed by atoms with Crippen LogP contribution >= 0.6 is 0 Å². The maximum atomic E-state index is 13.5. The summed E-state index contributed by atoms with van der Waals surface area (Å²) in [5.41, 5.74) is -1.97. The average molecular weight is 376 g/mol. The molecule has 0 unspecified atom stereocenters. The SMILES string of the molecule is O=C(CNC(=O)c1ccc(F)c(F)c1F)Nc1cccc(C(F)(F)F)c1. The summed E-state index contributed by atoms with van der Waals surface area (Å²) in [5, 5.41) is 4.06. The maximum Gasteiger partial charge on any atom is 0.416 e. The fourth-order valence-electron chi connectivity index (χ4n) is 1.94. The predicted molar refractivity (Wildman–Crippen MR) is 78.7 cm³/mol. The third-order valence-corrected chi connectivity index (χ3v) is 3.16. The van der Waals surface area contributed by atoms with Gasteiger partial charge < -0.3 is 10.6 Å². The molecule has 2 N–H and O–H groups in total. The lowest BCUT2D eigenvalue weighted by Gasteiger charge is -2.10. The molecule has 0 atom stereocenters. The Morgan fingerprint density at radius 1 is 0.962 bits per heavy atom. The summed E-state index contributed by atoms with van der Waals surface area (Å²) in [5.74, 6) is -7.14. The van der Waals surface area contributed by atoms with Gasteiger partial charge in [-0.15, -0.1) is 0 Å². The number of hydrogen-bond acceptors (Lipinski definition) is 2. The van der Waals surface area contributed by atoms with Gasteiger partial charge in [-0.1, -0.05) is 6.07 Å². The van der Waals surface area contributed by atoms with Gasteiger partial charge >= 0.3 is 6.18 Å². The standard InChI is InChI=1S/C16H10F6N2O2/c17-11-5-4-10(13(18)14(11)19)15(26)23-7-12(25)24-9-3-1-2-8(6-9)16(20,21)22/h1-6H,7H2,(H,23,26)(H,24,25). The number of alkyl halides is 3. The van der Waals surface area contributed by atoms with Crippen molar-refractivity contribution >= 4 is 17.5 Å². The first-order valence-corrected chi connectivity index (χ1v) is 6.98. The van der Waals surface area contributed by atoms with E-state index in [-0.39, 0.29) is 5.69 Å². The highest BCUT2D eigenvalue weighted by Gasteiger charge is 2.30. The second kappa shape index (κ2) is 7.46. The van der Waals surface area contributed by atoms with Crippen LogP contribution in [0, 0.1) is 17.5 Å². The van der Waals surface area contributed by atoms with Gasteiger partial charge in [0.15, 0.2) is 17.5 Å². The lowest BCUT2D eigenvalue weighted by Crippen LogP contribution is -2.33. The van der Waals surface area contributed by atoms with Crippen molar-refractivity contribution in [2.24, 2.45) is 0 Å². The second-order valence-corrected chi connectivity index (χ2v) is 5.03. The van der Waals surface area contributed by atoms with E-state index in [0.717, 1.165) is 12.1 Å². The van der Waals surface area contributed by atoms with Gasteiger partial charge in [0.1, 0.15) is 0 Å². The maximum absolute atomic E-state index is 13.5. The van der Waals surface area contributed by atoms with Gasteiger partial charge in [-0.2, -0.15) is 13.2 Å². The van der Waals surface area contributed by atoms with Gasteiger partial charge in [-0.05, 0) is 30.3 Å². The first-order chi connectivity index (χ1) is 12.1. The highest BCUT2D eigenvalue weighted by molar-refractivity contribution is 5.99. The molecule has 2 aromatic rings. The minimum atomic E-state index is -4.60. The molecule has 0 saturated carbocycles. The molecule has 0 bridgehead atoms. The van der Waals surface area contributed by atoms with Gasteiger partial charge in [0.2, 0.25) is 5.91 Å². The Kier molecular flexibility index (Phi) is 5.53. The molecule has 0 fully saturated rings.